The highest BCUT2D eigenvalue weighted by Crippen LogP contribution is 2.46. The van der Waals surface area contributed by atoms with Crippen molar-refractivity contribution in [1.82, 2.24) is 0 Å². The van der Waals surface area contributed by atoms with Crippen molar-refractivity contribution in [3.63, 3.8) is 0 Å². The Labute approximate surface area is 164 Å². The van der Waals surface area contributed by atoms with Crippen LogP contribution in [0.15, 0.2) is 64.9 Å². The van der Waals surface area contributed by atoms with Crippen molar-refractivity contribution in [1.29, 1.82) is 0 Å². The van der Waals surface area contributed by atoms with Gasteiger partial charge in [0, 0.05) is 16.6 Å². The van der Waals surface area contributed by atoms with Gasteiger partial charge < -0.3 is 9.47 Å². The second kappa shape index (κ2) is 7.74. The summed E-state index contributed by atoms with van der Waals surface area (Å²) in [7, 11) is 0. The third-order valence-electron chi connectivity index (χ3n) is 4.01. The predicted octanol–water partition coefficient (Wildman–Crippen LogP) is 6.24. The van der Waals surface area contributed by atoms with Crippen molar-refractivity contribution in [2.24, 2.45) is 0 Å². The molecule has 0 fully saturated rings. The first-order valence-corrected chi connectivity index (χ1v) is 10.2. The van der Waals surface area contributed by atoms with Gasteiger partial charge in [-0.2, -0.15) is 0 Å². The number of thioether (sulfide) groups is 1. The van der Waals surface area contributed by atoms with Crippen LogP contribution in [0.2, 0.25) is 5.02 Å². The van der Waals surface area contributed by atoms with Crippen LogP contribution in [0.3, 0.4) is 0 Å². The molecular weight excluding hydrogens is 388 g/mol. The summed E-state index contributed by atoms with van der Waals surface area (Å²) in [5, 5.41) is 2.36. The van der Waals surface area contributed by atoms with Crippen LogP contribution in [0, 0.1) is 0 Å². The molecule has 2 aromatic carbocycles. The Morgan fingerprint density at radius 3 is 2.77 bits per heavy atom. The van der Waals surface area contributed by atoms with E-state index >= 15 is 0 Å². The monoisotopic (exact) mass is 402 g/mol. The number of rotatable bonds is 6. The van der Waals surface area contributed by atoms with E-state index in [0.717, 1.165) is 15.3 Å². The van der Waals surface area contributed by atoms with Gasteiger partial charge in [0.05, 0.1) is 9.90 Å². The van der Waals surface area contributed by atoms with Gasteiger partial charge in [0.25, 0.3) is 0 Å². The summed E-state index contributed by atoms with van der Waals surface area (Å²) in [6.45, 7) is 0.170. The third-order valence-corrected chi connectivity index (χ3v) is 6.47. The van der Waals surface area contributed by atoms with Crippen LogP contribution in [0.5, 0.6) is 11.5 Å². The highest BCUT2D eigenvalue weighted by atomic mass is 35.5. The van der Waals surface area contributed by atoms with Gasteiger partial charge in [-0.1, -0.05) is 35.9 Å². The smallest absolute Gasteiger partial charge is 0.231 e. The number of benzene rings is 2. The lowest BCUT2D eigenvalue weighted by atomic mass is 10.1. The fourth-order valence-corrected chi connectivity index (χ4v) is 4.87. The van der Waals surface area contributed by atoms with Crippen molar-refractivity contribution in [3.8, 4) is 11.5 Å². The minimum atomic E-state index is -0.0704. The Morgan fingerprint density at radius 1 is 1.15 bits per heavy atom. The molecule has 1 aliphatic rings. The summed E-state index contributed by atoms with van der Waals surface area (Å²) in [5.41, 5.74) is 0.956. The normalized spacial score (nSPS) is 13.6. The Kier molecular flexibility index (Phi) is 5.20. The predicted molar refractivity (Wildman–Crippen MR) is 106 cm³/mol. The zero-order valence-electron chi connectivity index (χ0n) is 13.7. The summed E-state index contributed by atoms with van der Waals surface area (Å²) < 4.78 is 10.9. The first kappa shape index (κ1) is 17.5. The van der Waals surface area contributed by atoms with Crippen LogP contribution in [-0.4, -0.2) is 12.6 Å². The molecule has 2 heterocycles. The average Bonchev–Trinajstić information content (AvgIpc) is 3.34. The molecule has 0 N–H and O–H groups in total. The zero-order chi connectivity index (χ0) is 17.9. The molecule has 6 heteroatoms. The molecule has 0 saturated carbocycles. The second-order valence-electron chi connectivity index (χ2n) is 5.76. The Balaban J connectivity index is 1.66. The Morgan fingerprint density at radius 2 is 2.00 bits per heavy atom. The molecule has 3 aromatic rings. The zero-order valence-corrected chi connectivity index (χ0v) is 16.1. The first-order chi connectivity index (χ1) is 12.7. The van der Waals surface area contributed by atoms with Crippen molar-refractivity contribution >= 4 is 40.5 Å². The maximum atomic E-state index is 12.7. The number of carbonyl (C=O) groups excluding carboxylic acids is 1. The van der Waals surface area contributed by atoms with Crippen molar-refractivity contribution in [2.45, 2.75) is 16.6 Å². The maximum Gasteiger partial charge on any atom is 0.231 e. The molecule has 4 rings (SSSR count). The summed E-state index contributed by atoms with van der Waals surface area (Å²) >= 11 is 9.48. The summed E-state index contributed by atoms with van der Waals surface area (Å²) in [6, 6.07) is 17.6. The van der Waals surface area contributed by atoms with Crippen LogP contribution in [-0.2, 0) is 0 Å². The molecule has 1 aliphatic heterocycles. The molecule has 0 aliphatic carbocycles. The van der Waals surface area contributed by atoms with E-state index in [1.54, 1.807) is 11.8 Å². The molecule has 0 bridgehead atoms. The SMILES string of the molecule is O=C(CC(Sc1ccccc1)c1cc(Cl)c2c(c1)OCO2)c1cccs1. The van der Waals surface area contributed by atoms with E-state index in [1.807, 2.05) is 60.0 Å². The molecular formula is C20H15ClO3S2. The highest BCUT2D eigenvalue weighted by Gasteiger charge is 2.24. The Hall–Kier alpha value is -1.95. The molecule has 3 nitrogen and oxygen atoms in total. The second-order valence-corrected chi connectivity index (χ2v) is 8.39. The van der Waals surface area contributed by atoms with Crippen LogP contribution in [0.4, 0.5) is 0 Å². The number of thiophene rings is 1. The number of hydrogen-bond acceptors (Lipinski definition) is 5. The number of halogens is 1. The van der Waals surface area contributed by atoms with Gasteiger partial charge in [-0.15, -0.1) is 23.1 Å². The van der Waals surface area contributed by atoms with Crippen molar-refractivity contribution in [2.75, 3.05) is 6.79 Å². The molecule has 0 spiro atoms. The summed E-state index contributed by atoms with van der Waals surface area (Å²) in [5.74, 6) is 1.33. The molecule has 0 radical (unpaired) electrons. The van der Waals surface area contributed by atoms with Crippen LogP contribution < -0.4 is 9.47 Å². The topological polar surface area (TPSA) is 35.5 Å². The third kappa shape index (κ3) is 3.75. The van der Waals surface area contributed by atoms with Gasteiger partial charge >= 0.3 is 0 Å². The lowest BCUT2D eigenvalue weighted by Crippen LogP contribution is -2.04. The highest BCUT2D eigenvalue weighted by molar-refractivity contribution is 7.99. The van der Waals surface area contributed by atoms with Crippen LogP contribution in [0.1, 0.15) is 26.9 Å². The summed E-state index contributed by atoms with van der Waals surface area (Å²) in [4.78, 5) is 14.6. The van der Waals surface area contributed by atoms with Crippen LogP contribution in [0.25, 0.3) is 0 Å². The molecule has 132 valence electrons. The number of Topliss-reactive ketones (excluding diaryl/α,β-unsaturated/α-hetero) is 1. The number of hydrogen-bond donors (Lipinski definition) is 0. The van der Waals surface area contributed by atoms with Crippen LogP contribution >= 0.6 is 34.7 Å². The molecule has 1 atom stereocenters. The largest absolute Gasteiger partial charge is 0.454 e. The van der Waals surface area contributed by atoms with Crippen molar-refractivity contribution in [3.05, 3.63) is 75.4 Å². The van der Waals surface area contributed by atoms with Crippen molar-refractivity contribution < 1.29 is 14.3 Å². The number of fused-ring (bicyclic) bond motifs is 1. The van der Waals surface area contributed by atoms with E-state index in [0.29, 0.717) is 22.9 Å². The lowest BCUT2D eigenvalue weighted by molar-refractivity contribution is 0.0986. The fraction of sp³-hybridized carbons (Fsp3) is 0.150. The van der Waals surface area contributed by atoms with Gasteiger partial charge in [-0.3, -0.25) is 4.79 Å². The number of ketones is 1. The van der Waals surface area contributed by atoms with E-state index < -0.39 is 0 Å². The van der Waals surface area contributed by atoms with E-state index in [9.17, 15) is 4.79 Å². The van der Waals surface area contributed by atoms with E-state index in [4.69, 9.17) is 21.1 Å². The van der Waals surface area contributed by atoms with E-state index in [2.05, 4.69) is 0 Å². The average molecular weight is 403 g/mol. The van der Waals surface area contributed by atoms with Gasteiger partial charge in [0.2, 0.25) is 6.79 Å². The van der Waals surface area contributed by atoms with E-state index in [-0.39, 0.29) is 17.8 Å². The van der Waals surface area contributed by atoms with E-state index in [1.165, 1.54) is 11.3 Å². The Bertz CT molecular complexity index is 910. The molecule has 1 aromatic heterocycles. The lowest BCUT2D eigenvalue weighted by Gasteiger charge is -2.17. The van der Waals surface area contributed by atoms with Gasteiger partial charge in [0.15, 0.2) is 17.3 Å². The molecule has 1 unspecified atom stereocenters. The van der Waals surface area contributed by atoms with Gasteiger partial charge in [0.1, 0.15) is 0 Å². The standard InChI is InChI=1S/C20H15ClO3S2/c21-15-9-13(10-17-20(15)24-12-23-17)19(26-14-5-2-1-3-6-14)11-16(22)18-7-4-8-25-18/h1-10,19H,11-12H2. The number of ether oxygens (including phenoxy) is 2. The molecule has 0 saturated heterocycles. The quantitative estimate of drug-likeness (QED) is 0.361. The van der Waals surface area contributed by atoms with Gasteiger partial charge in [-0.25, -0.2) is 0 Å². The number of carbonyl (C=O) groups is 1. The molecule has 26 heavy (non-hydrogen) atoms. The van der Waals surface area contributed by atoms with Gasteiger partial charge in [-0.05, 0) is 41.3 Å². The fourth-order valence-electron chi connectivity index (χ4n) is 2.77. The minimum absolute atomic E-state index is 0.0704. The minimum Gasteiger partial charge on any atom is -0.454 e. The summed E-state index contributed by atoms with van der Waals surface area (Å²) in [6.07, 6.45) is 0.385. The maximum absolute atomic E-state index is 12.7. The molecule has 0 amide bonds. The first-order valence-electron chi connectivity index (χ1n) is 8.08.